The predicted octanol–water partition coefficient (Wildman–Crippen LogP) is 3.71. The molecule has 1 aromatic carbocycles. The first-order valence-corrected chi connectivity index (χ1v) is 6.85. The molecule has 0 radical (unpaired) electrons. The molecule has 0 bridgehead atoms. The Bertz CT molecular complexity index is 710. The Labute approximate surface area is 114 Å². The van der Waals surface area contributed by atoms with E-state index in [4.69, 9.17) is 0 Å². The topological polar surface area (TPSA) is 33.1 Å². The minimum atomic E-state index is -0.735. The molecule has 3 aromatic rings. The van der Waals surface area contributed by atoms with Crippen LogP contribution < -0.4 is 0 Å². The van der Waals surface area contributed by atoms with Gasteiger partial charge in [-0.15, -0.1) is 11.3 Å². The van der Waals surface area contributed by atoms with Crippen LogP contribution in [0.15, 0.2) is 48.1 Å². The third-order valence-electron chi connectivity index (χ3n) is 3.09. The van der Waals surface area contributed by atoms with E-state index in [1.165, 1.54) is 17.0 Å². The molecule has 0 saturated carbocycles. The van der Waals surface area contributed by atoms with Gasteiger partial charge in [0.15, 0.2) is 0 Å². The highest BCUT2D eigenvalue weighted by atomic mass is 32.1. The van der Waals surface area contributed by atoms with Crippen molar-refractivity contribution in [2.45, 2.75) is 12.5 Å². The van der Waals surface area contributed by atoms with Crippen molar-refractivity contribution in [3.05, 3.63) is 65.0 Å². The summed E-state index contributed by atoms with van der Waals surface area (Å²) < 4.78 is 14.3. The fourth-order valence-corrected chi connectivity index (χ4v) is 3.10. The number of thiophene rings is 1. The van der Waals surface area contributed by atoms with Crippen LogP contribution in [0.3, 0.4) is 0 Å². The van der Waals surface area contributed by atoms with Gasteiger partial charge >= 0.3 is 0 Å². The van der Waals surface area contributed by atoms with Gasteiger partial charge < -0.3 is 5.11 Å². The summed E-state index contributed by atoms with van der Waals surface area (Å²) in [7, 11) is 0. The standard InChI is InChI=1S/C15H12FNOS/c16-12-5-10(7-17-8-12)14(18)6-11-9-19-15-4-2-1-3-13(11)15/h1-5,7-9,14,18H,6H2. The number of aliphatic hydroxyl groups is 1. The van der Waals surface area contributed by atoms with E-state index in [9.17, 15) is 9.50 Å². The Morgan fingerprint density at radius 3 is 2.95 bits per heavy atom. The van der Waals surface area contributed by atoms with Crippen LogP contribution in [0.25, 0.3) is 10.1 Å². The van der Waals surface area contributed by atoms with E-state index in [0.29, 0.717) is 12.0 Å². The van der Waals surface area contributed by atoms with Crippen molar-refractivity contribution in [2.75, 3.05) is 0 Å². The zero-order valence-corrected chi connectivity index (χ0v) is 10.9. The van der Waals surface area contributed by atoms with Gasteiger partial charge in [-0.3, -0.25) is 4.98 Å². The Kier molecular flexibility index (Phi) is 3.27. The van der Waals surface area contributed by atoms with Crippen LogP contribution in [0.5, 0.6) is 0 Å². The monoisotopic (exact) mass is 273 g/mol. The van der Waals surface area contributed by atoms with Gasteiger partial charge in [-0.25, -0.2) is 4.39 Å². The molecule has 2 nitrogen and oxygen atoms in total. The lowest BCUT2D eigenvalue weighted by Gasteiger charge is -2.10. The van der Waals surface area contributed by atoms with Crippen LogP contribution in [0.2, 0.25) is 0 Å². The molecule has 3 rings (SSSR count). The second-order valence-electron chi connectivity index (χ2n) is 4.41. The van der Waals surface area contributed by atoms with Crippen LogP contribution in [0.4, 0.5) is 4.39 Å². The number of hydrogen-bond acceptors (Lipinski definition) is 3. The Balaban J connectivity index is 1.89. The Morgan fingerprint density at radius 1 is 1.26 bits per heavy atom. The molecule has 0 aliphatic heterocycles. The SMILES string of the molecule is OC(Cc1csc2ccccc12)c1cncc(F)c1. The zero-order chi connectivity index (χ0) is 13.2. The number of rotatable bonds is 3. The minimum absolute atomic E-state index is 0.424. The number of aromatic nitrogens is 1. The molecule has 19 heavy (non-hydrogen) atoms. The van der Waals surface area contributed by atoms with Crippen LogP contribution in [-0.4, -0.2) is 10.1 Å². The molecule has 4 heteroatoms. The van der Waals surface area contributed by atoms with Crippen molar-refractivity contribution in [1.82, 2.24) is 4.98 Å². The van der Waals surface area contributed by atoms with Gasteiger partial charge in [-0.05, 0) is 28.5 Å². The number of aliphatic hydroxyl groups excluding tert-OH is 1. The van der Waals surface area contributed by atoms with E-state index in [-0.39, 0.29) is 0 Å². The first kappa shape index (κ1) is 12.3. The highest BCUT2D eigenvalue weighted by Crippen LogP contribution is 2.29. The number of halogens is 1. The van der Waals surface area contributed by atoms with Gasteiger partial charge in [-0.2, -0.15) is 0 Å². The molecule has 96 valence electrons. The van der Waals surface area contributed by atoms with Crippen molar-refractivity contribution < 1.29 is 9.50 Å². The predicted molar refractivity (Wildman–Crippen MR) is 74.7 cm³/mol. The summed E-state index contributed by atoms with van der Waals surface area (Å²) in [5.74, 6) is -0.424. The summed E-state index contributed by atoms with van der Waals surface area (Å²) in [6.07, 6.45) is 2.37. The molecule has 0 amide bonds. The molecule has 0 saturated heterocycles. The van der Waals surface area contributed by atoms with E-state index in [0.717, 1.165) is 17.1 Å². The third-order valence-corrected chi connectivity index (χ3v) is 4.10. The van der Waals surface area contributed by atoms with Crippen molar-refractivity contribution in [2.24, 2.45) is 0 Å². The summed E-state index contributed by atoms with van der Waals surface area (Å²) in [6.45, 7) is 0. The average molecular weight is 273 g/mol. The molecule has 2 aromatic heterocycles. The molecule has 1 atom stereocenters. The molecular weight excluding hydrogens is 261 g/mol. The molecule has 1 unspecified atom stereocenters. The molecule has 0 aliphatic carbocycles. The summed E-state index contributed by atoms with van der Waals surface area (Å²) in [4.78, 5) is 3.76. The summed E-state index contributed by atoms with van der Waals surface area (Å²) in [5, 5.41) is 13.4. The maximum absolute atomic E-state index is 13.1. The van der Waals surface area contributed by atoms with Crippen LogP contribution >= 0.6 is 11.3 Å². The fraction of sp³-hybridized carbons (Fsp3) is 0.133. The van der Waals surface area contributed by atoms with Crippen molar-refractivity contribution >= 4 is 21.4 Å². The normalized spacial score (nSPS) is 12.7. The largest absolute Gasteiger partial charge is 0.388 e. The van der Waals surface area contributed by atoms with E-state index in [1.807, 2.05) is 23.6 Å². The lowest BCUT2D eigenvalue weighted by molar-refractivity contribution is 0.178. The summed E-state index contributed by atoms with van der Waals surface area (Å²) in [6, 6.07) is 9.40. The number of benzene rings is 1. The van der Waals surface area contributed by atoms with Crippen molar-refractivity contribution in [1.29, 1.82) is 0 Å². The smallest absolute Gasteiger partial charge is 0.141 e. The third kappa shape index (κ3) is 2.50. The number of fused-ring (bicyclic) bond motifs is 1. The highest BCUT2D eigenvalue weighted by Gasteiger charge is 2.12. The van der Waals surface area contributed by atoms with Crippen LogP contribution in [0, 0.1) is 5.82 Å². The van der Waals surface area contributed by atoms with Gasteiger partial charge in [0, 0.05) is 22.9 Å². The number of pyridine rings is 1. The fourth-order valence-electron chi connectivity index (χ4n) is 2.13. The van der Waals surface area contributed by atoms with Gasteiger partial charge in [0.1, 0.15) is 5.82 Å². The maximum Gasteiger partial charge on any atom is 0.141 e. The van der Waals surface area contributed by atoms with Gasteiger partial charge in [0.05, 0.1) is 12.3 Å². The van der Waals surface area contributed by atoms with Crippen molar-refractivity contribution in [3.8, 4) is 0 Å². The van der Waals surface area contributed by atoms with Gasteiger partial charge in [-0.1, -0.05) is 18.2 Å². The lowest BCUT2D eigenvalue weighted by Crippen LogP contribution is -2.02. The number of hydrogen-bond donors (Lipinski definition) is 1. The first-order valence-electron chi connectivity index (χ1n) is 5.97. The van der Waals surface area contributed by atoms with Crippen LogP contribution in [-0.2, 0) is 6.42 Å². The molecule has 0 fully saturated rings. The van der Waals surface area contributed by atoms with E-state index >= 15 is 0 Å². The first-order chi connectivity index (χ1) is 9.24. The average Bonchev–Trinajstić information content (AvgIpc) is 2.82. The Hall–Kier alpha value is -1.78. The maximum atomic E-state index is 13.1. The molecule has 2 heterocycles. The molecular formula is C15H12FNOS. The summed E-state index contributed by atoms with van der Waals surface area (Å²) >= 11 is 1.65. The van der Waals surface area contributed by atoms with E-state index in [2.05, 4.69) is 11.1 Å². The van der Waals surface area contributed by atoms with E-state index < -0.39 is 11.9 Å². The second-order valence-corrected chi connectivity index (χ2v) is 5.32. The second kappa shape index (κ2) is 5.07. The lowest BCUT2D eigenvalue weighted by atomic mass is 10.0. The molecule has 0 spiro atoms. The van der Waals surface area contributed by atoms with Gasteiger partial charge in [0.25, 0.3) is 0 Å². The quantitative estimate of drug-likeness (QED) is 0.789. The molecule has 0 aliphatic rings. The molecule has 1 N–H and O–H groups in total. The Morgan fingerprint density at radius 2 is 2.11 bits per heavy atom. The summed E-state index contributed by atoms with van der Waals surface area (Å²) in [5.41, 5.74) is 1.59. The van der Waals surface area contributed by atoms with Gasteiger partial charge in [0.2, 0.25) is 0 Å². The minimum Gasteiger partial charge on any atom is -0.388 e. The van der Waals surface area contributed by atoms with E-state index in [1.54, 1.807) is 11.3 Å². The highest BCUT2D eigenvalue weighted by molar-refractivity contribution is 7.17. The van der Waals surface area contributed by atoms with Crippen molar-refractivity contribution in [3.63, 3.8) is 0 Å². The van der Waals surface area contributed by atoms with Crippen LogP contribution in [0.1, 0.15) is 17.2 Å². The zero-order valence-electron chi connectivity index (χ0n) is 10.1. The number of nitrogens with zero attached hydrogens (tertiary/aromatic N) is 1.